The Morgan fingerprint density at radius 3 is 2.67 bits per heavy atom. The van der Waals surface area contributed by atoms with Crippen LogP contribution in [0.5, 0.6) is 0 Å². The van der Waals surface area contributed by atoms with Crippen LogP contribution in [0.15, 0.2) is 36.2 Å². The first-order valence-corrected chi connectivity index (χ1v) is 12.6. The largest absolute Gasteiger partial charge is 0.457 e. The minimum Gasteiger partial charge on any atom is -0.457 e. The number of rotatable bonds is 3. The summed E-state index contributed by atoms with van der Waals surface area (Å²) >= 11 is 6.07. The molecule has 200 valence electrons. The lowest BCUT2D eigenvalue weighted by Gasteiger charge is -2.31. The van der Waals surface area contributed by atoms with Gasteiger partial charge in [0.15, 0.2) is 0 Å². The Morgan fingerprint density at radius 2 is 1.97 bits per heavy atom. The predicted molar refractivity (Wildman–Crippen MR) is 142 cm³/mol. The molecule has 2 aliphatic heterocycles. The number of halogens is 1. The molecule has 0 spiro atoms. The molecule has 1 aromatic heterocycles. The highest BCUT2D eigenvalue weighted by Crippen LogP contribution is 2.26. The number of hydrogen-bond acceptors (Lipinski definition) is 7. The van der Waals surface area contributed by atoms with E-state index in [1.807, 2.05) is 39.0 Å². The van der Waals surface area contributed by atoms with Gasteiger partial charge >= 0.3 is 12.1 Å². The van der Waals surface area contributed by atoms with Crippen molar-refractivity contribution in [3.05, 3.63) is 46.8 Å². The van der Waals surface area contributed by atoms with Crippen LogP contribution in [0.4, 0.5) is 4.79 Å². The van der Waals surface area contributed by atoms with E-state index in [1.54, 1.807) is 23.4 Å². The molecule has 3 heterocycles. The molecule has 0 unspecified atom stereocenters. The summed E-state index contributed by atoms with van der Waals surface area (Å²) in [6.07, 6.45) is 7.71. The van der Waals surface area contributed by atoms with Gasteiger partial charge in [0.1, 0.15) is 12.2 Å². The third-order valence-electron chi connectivity index (χ3n) is 6.44. The van der Waals surface area contributed by atoms with Gasteiger partial charge in [-0.25, -0.2) is 4.79 Å². The molecule has 1 amide bonds. The lowest BCUT2D eigenvalue weighted by Crippen LogP contribution is -2.47. The van der Waals surface area contributed by atoms with E-state index in [4.69, 9.17) is 21.1 Å². The molecule has 0 aliphatic carbocycles. The highest BCUT2D eigenvalue weighted by molar-refractivity contribution is 6.30. The number of cyclic esters (lactones) is 1. The molecule has 0 radical (unpaired) electrons. The number of nitrogens with zero attached hydrogens (tertiary/aromatic N) is 2. The molecule has 0 bridgehead atoms. The number of aromatic nitrogens is 1. The molecule has 2 aliphatic rings. The Hall–Kier alpha value is -2.42. The summed E-state index contributed by atoms with van der Waals surface area (Å²) in [5, 5.41) is 14.2. The first kappa shape index (κ1) is 29.8. The number of nitrogens with one attached hydrogen (secondary N) is 1. The molecule has 36 heavy (non-hydrogen) atoms. The van der Waals surface area contributed by atoms with Crippen molar-refractivity contribution in [3.63, 3.8) is 0 Å². The number of ether oxygens (including phenoxy) is 2. The first-order valence-electron chi connectivity index (χ1n) is 12.2. The van der Waals surface area contributed by atoms with Gasteiger partial charge in [0.05, 0.1) is 17.5 Å². The molecule has 1 aromatic rings. The highest BCUT2D eigenvalue weighted by Gasteiger charge is 2.28. The lowest BCUT2D eigenvalue weighted by molar-refractivity contribution is -0.151. The number of pyridine rings is 1. The summed E-state index contributed by atoms with van der Waals surface area (Å²) < 4.78 is 11.7. The van der Waals surface area contributed by atoms with Crippen LogP contribution in [0, 0.1) is 11.8 Å². The van der Waals surface area contributed by atoms with Gasteiger partial charge in [0, 0.05) is 44.5 Å². The molecular weight excluding hydrogens is 482 g/mol. The van der Waals surface area contributed by atoms with E-state index < -0.39 is 24.3 Å². The van der Waals surface area contributed by atoms with Gasteiger partial charge in [-0.2, -0.15) is 0 Å². The maximum absolute atomic E-state index is 12.8. The van der Waals surface area contributed by atoms with Gasteiger partial charge < -0.3 is 24.8 Å². The summed E-state index contributed by atoms with van der Waals surface area (Å²) in [4.78, 5) is 31.2. The van der Waals surface area contributed by atoms with Gasteiger partial charge in [0.2, 0.25) is 0 Å². The number of aliphatic hydroxyl groups excluding tert-OH is 1. The van der Waals surface area contributed by atoms with E-state index in [0.29, 0.717) is 31.0 Å². The second-order valence-electron chi connectivity index (χ2n) is 9.48. The third-order valence-corrected chi connectivity index (χ3v) is 6.65. The zero-order valence-corrected chi connectivity index (χ0v) is 21.4. The number of hydrogen-bond donors (Lipinski definition) is 2. The van der Waals surface area contributed by atoms with E-state index in [9.17, 15) is 14.7 Å². The van der Waals surface area contributed by atoms with Gasteiger partial charge in [-0.3, -0.25) is 9.78 Å². The number of carbonyl (C=O) groups is 2. The van der Waals surface area contributed by atoms with E-state index >= 15 is 0 Å². The Morgan fingerprint density at radius 1 is 1.25 bits per heavy atom. The van der Waals surface area contributed by atoms with Crippen LogP contribution in [-0.4, -0.2) is 71.5 Å². The van der Waals surface area contributed by atoms with Crippen LogP contribution in [0.1, 0.15) is 53.0 Å². The van der Waals surface area contributed by atoms with Crippen molar-refractivity contribution in [1.29, 1.82) is 0 Å². The van der Waals surface area contributed by atoms with Crippen molar-refractivity contribution in [2.24, 2.45) is 11.8 Å². The van der Waals surface area contributed by atoms with Crippen molar-refractivity contribution in [1.82, 2.24) is 15.2 Å². The molecule has 1 saturated heterocycles. The summed E-state index contributed by atoms with van der Waals surface area (Å²) in [5.41, 5.74) is 1.61. The summed E-state index contributed by atoms with van der Waals surface area (Å²) in [6, 6.07) is 1.78. The maximum Gasteiger partial charge on any atom is 0.410 e. The third kappa shape index (κ3) is 8.91. The van der Waals surface area contributed by atoms with Crippen molar-refractivity contribution in [3.8, 4) is 0 Å². The van der Waals surface area contributed by atoms with E-state index in [1.165, 1.54) is 0 Å². The number of carbonyl (C=O) groups excluding carboxylic acids is 2. The van der Waals surface area contributed by atoms with E-state index in [2.05, 4.69) is 10.3 Å². The van der Waals surface area contributed by atoms with Crippen molar-refractivity contribution >= 4 is 29.7 Å². The summed E-state index contributed by atoms with van der Waals surface area (Å²) in [5.74, 6) is -0.677. The standard InChI is InChI=1S/C26H36ClN3O5.CH4/c1-17-4-6-22(31)14-24(32)35-25(19(3)12-20-13-21(27)16-29-15-20)18(2)5-7-23(17)34-26(33)30-10-8-28-9-11-30;/h5,7,12-13,15-18,22-23,25,28,31H,4,6,8-11,14H2,1-3H3;1H4/b7-5+,19-12+;/t17-,18-,22+,23-,25-;/m0./s1. The molecular formula is C27H40ClN3O5. The van der Waals surface area contributed by atoms with Gasteiger partial charge in [-0.05, 0) is 49.0 Å². The highest BCUT2D eigenvalue weighted by atomic mass is 35.5. The van der Waals surface area contributed by atoms with E-state index in [0.717, 1.165) is 24.2 Å². The molecule has 9 heteroatoms. The van der Waals surface area contributed by atoms with Crippen LogP contribution in [0.2, 0.25) is 5.02 Å². The summed E-state index contributed by atoms with van der Waals surface area (Å²) in [6.45, 7) is 8.54. The second kappa shape index (κ2) is 14.4. The number of amides is 1. The maximum atomic E-state index is 12.8. The minimum absolute atomic E-state index is 0. The number of aliphatic hydroxyl groups is 1. The molecule has 3 rings (SSSR count). The lowest BCUT2D eigenvalue weighted by atomic mass is 9.91. The zero-order valence-electron chi connectivity index (χ0n) is 20.7. The van der Waals surface area contributed by atoms with Crippen molar-refractivity contribution in [2.45, 2.75) is 65.8 Å². The Kier molecular flexibility index (Phi) is 11.9. The van der Waals surface area contributed by atoms with Crippen LogP contribution < -0.4 is 5.32 Å². The first-order chi connectivity index (χ1) is 16.7. The molecule has 8 nitrogen and oxygen atoms in total. The van der Waals surface area contributed by atoms with Crippen LogP contribution in [-0.2, 0) is 14.3 Å². The monoisotopic (exact) mass is 521 g/mol. The van der Waals surface area contributed by atoms with Gasteiger partial charge in [-0.1, -0.05) is 45.0 Å². The van der Waals surface area contributed by atoms with Crippen LogP contribution in [0.25, 0.3) is 6.08 Å². The normalized spacial score (nSPS) is 29.1. The number of esters is 1. The molecule has 0 saturated carbocycles. The molecule has 5 atom stereocenters. The Balaban J connectivity index is 0.00000456. The Bertz CT molecular complexity index is 932. The van der Waals surface area contributed by atoms with E-state index in [-0.39, 0.29) is 31.8 Å². The number of piperazine rings is 1. The summed E-state index contributed by atoms with van der Waals surface area (Å²) in [7, 11) is 0. The quantitative estimate of drug-likeness (QED) is 0.447. The van der Waals surface area contributed by atoms with Gasteiger partial charge in [0.25, 0.3) is 0 Å². The average Bonchev–Trinajstić information content (AvgIpc) is 2.83. The minimum atomic E-state index is -0.824. The molecule has 2 N–H and O–H groups in total. The van der Waals surface area contributed by atoms with Crippen LogP contribution in [0.3, 0.4) is 0 Å². The van der Waals surface area contributed by atoms with Crippen molar-refractivity contribution < 1.29 is 24.2 Å². The smallest absolute Gasteiger partial charge is 0.410 e. The van der Waals surface area contributed by atoms with Gasteiger partial charge in [-0.15, -0.1) is 0 Å². The molecule has 1 fully saturated rings. The molecule has 0 aromatic carbocycles. The SMILES string of the molecule is C.C/C(=C\c1cncc(Cl)c1)[C@H]1OC(=O)C[C@H](O)CC[C@H](C)[C@@H](OC(=O)N2CCNCC2)/C=C/[C@@H]1C. The topological polar surface area (TPSA) is 101 Å². The fourth-order valence-electron chi connectivity index (χ4n) is 4.34. The fraction of sp³-hybridized carbons (Fsp3) is 0.593. The average molecular weight is 522 g/mol. The zero-order chi connectivity index (χ0) is 25.4. The fourth-order valence-corrected chi connectivity index (χ4v) is 4.52. The van der Waals surface area contributed by atoms with Crippen molar-refractivity contribution in [2.75, 3.05) is 26.2 Å². The predicted octanol–water partition coefficient (Wildman–Crippen LogP) is 4.47. The van der Waals surface area contributed by atoms with Crippen LogP contribution >= 0.6 is 11.6 Å². The Labute approximate surface area is 219 Å². The second-order valence-corrected chi connectivity index (χ2v) is 9.91.